The molecule has 0 aromatic heterocycles. The van der Waals surface area contributed by atoms with Crippen molar-refractivity contribution in [2.75, 3.05) is 78.6 Å². The van der Waals surface area contributed by atoms with Gasteiger partial charge in [0.15, 0.2) is 0 Å². The van der Waals surface area contributed by atoms with E-state index in [9.17, 15) is 39.6 Å². The first kappa shape index (κ1) is 32.9. The number of carbonyl (C=O) groups is 4. The molecule has 1 aliphatic rings. The third-order valence-electron chi connectivity index (χ3n) is 6.79. The monoisotopic (exact) mass is 566 g/mol. The Labute approximate surface area is 234 Å². The fourth-order valence-corrected chi connectivity index (χ4v) is 4.56. The summed E-state index contributed by atoms with van der Waals surface area (Å²) in [5.41, 5.74) is 0.801. The Morgan fingerprint density at radius 2 is 1.15 bits per heavy atom. The average molecular weight is 567 g/mol. The lowest BCUT2D eigenvalue weighted by Gasteiger charge is -2.35. The van der Waals surface area contributed by atoms with E-state index in [0.717, 1.165) is 18.4 Å². The van der Waals surface area contributed by atoms with Gasteiger partial charge >= 0.3 is 23.9 Å². The lowest BCUT2D eigenvalue weighted by atomic mass is 10.0. The van der Waals surface area contributed by atoms with Gasteiger partial charge in [-0.2, -0.15) is 0 Å². The number of benzene rings is 1. The van der Waals surface area contributed by atoms with E-state index in [1.54, 1.807) is 19.6 Å². The van der Waals surface area contributed by atoms with Crippen LogP contribution in [0.3, 0.4) is 0 Å². The van der Waals surface area contributed by atoms with Gasteiger partial charge in [-0.1, -0.05) is 25.5 Å². The molecule has 0 spiro atoms. The molecule has 2 rings (SSSR count). The van der Waals surface area contributed by atoms with Crippen molar-refractivity contribution in [3.05, 3.63) is 29.8 Å². The van der Waals surface area contributed by atoms with Gasteiger partial charge in [-0.25, -0.2) is 0 Å². The Morgan fingerprint density at radius 3 is 1.52 bits per heavy atom. The van der Waals surface area contributed by atoms with Crippen molar-refractivity contribution in [2.24, 2.45) is 0 Å². The Balaban J connectivity index is 2.24. The topological polar surface area (TPSA) is 171 Å². The molecule has 1 atom stereocenters. The summed E-state index contributed by atoms with van der Waals surface area (Å²) >= 11 is 0. The second-order valence-corrected chi connectivity index (χ2v) is 9.95. The summed E-state index contributed by atoms with van der Waals surface area (Å²) in [4.78, 5) is 53.5. The predicted octanol–water partition coefficient (Wildman–Crippen LogP) is 0.337. The highest BCUT2D eigenvalue weighted by Gasteiger charge is 2.28. The molecular weight excluding hydrogens is 524 g/mol. The second kappa shape index (κ2) is 17.4. The lowest BCUT2D eigenvalue weighted by Crippen LogP contribution is -2.52. The second-order valence-electron chi connectivity index (χ2n) is 9.95. The first-order valence-electron chi connectivity index (χ1n) is 13.6. The molecule has 40 heavy (non-hydrogen) atoms. The van der Waals surface area contributed by atoms with Crippen LogP contribution in [-0.4, -0.2) is 149 Å². The van der Waals surface area contributed by atoms with Crippen molar-refractivity contribution in [1.29, 1.82) is 0 Å². The molecule has 1 aliphatic heterocycles. The molecule has 1 heterocycles. The van der Waals surface area contributed by atoms with Gasteiger partial charge in [-0.15, -0.1) is 0 Å². The van der Waals surface area contributed by atoms with Crippen LogP contribution >= 0.6 is 0 Å². The first-order chi connectivity index (χ1) is 19.1. The lowest BCUT2D eigenvalue weighted by molar-refractivity contribution is -0.144. The predicted molar refractivity (Wildman–Crippen MR) is 146 cm³/mol. The smallest absolute Gasteiger partial charge is 0.321 e. The molecule has 0 saturated carbocycles. The van der Waals surface area contributed by atoms with Crippen LogP contribution in [0.1, 0.15) is 25.3 Å². The number of unbranched alkanes of at least 4 members (excludes halogenated alkanes) is 1. The number of nitrogens with zero attached hydrogens (tertiary/aromatic N) is 4. The third-order valence-corrected chi connectivity index (χ3v) is 6.79. The van der Waals surface area contributed by atoms with Crippen molar-refractivity contribution in [3.63, 3.8) is 0 Å². The van der Waals surface area contributed by atoms with Gasteiger partial charge in [0.1, 0.15) is 11.8 Å². The molecule has 4 N–H and O–H groups in total. The zero-order chi connectivity index (χ0) is 29.5. The normalized spacial score (nSPS) is 17.8. The van der Waals surface area contributed by atoms with Gasteiger partial charge in [0.05, 0.1) is 26.2 Å². The van der Waals surface area contributed by atoms with Gasteiger partial charge in [-0.3, -0.25) is 38.8 Å². The molecule has 1 aromatic rings. The summed E-state index contributed by atoms with van der Waals surface area (Å²) in [5.74, 6) is -3.42. The number of carboxylic acid groups (broad SMARTS) is 4. The Hall–Kier alpha value is -3.26. The number of rotatable bonds is 14. The van der Waals surface area contributed by atoms with Crippen LogP contribution in [0.2, 0.25) is 0 Å². The summed E-state index contributed by atoms with van der Waals surface area (Å²) in [6.07, 6.45) is 2.16. The van der Waals surface area contributed by atoms with Gasteiger partial charge in [0.25, 0.3) is 0 Å². The van der Waals surface area contributed by atoms with E-state index in [1.807, 2.05) is 24.3 Å². The quantitative estimate of drug-likeness (QED) is 0.227. The first-order valence-corrected chi connectivity index (χ1v) is 13.6. The summed E-state index contributed by atoms with van der Waals surface area (Å²) in [6, 6.07) is 6.37. The van der Waals surface area contributed by atoms with E-state index in [0.29, 0.717) is 12.4 Å². The summed E-state index contributed by atoms with van der Waals surface area (Å²) in [6.45, 7) is 3.95. The number of carboxylic acids is 4. The number of ether oxygens (including phenoxy) is 1. The molecule has 0 aliphatic carbocycles. The minimum absolute atomic E-state index is 0.203. The van der Waals surface area contributed by atoms with Crippen LogP contribution in [0.4, 0.5) is 0 Å². The van der Waals surface area contributed by atoms with Crippen molar-refractivity contribution in [3.8, 4) is 5.75 Å². The van der Waals surface area contributed by atoms with E-state index in [2.05, 4.69) is 6.92 Å². The highest BCUT2D eigenvalue weighted by Crippen LogP contribution is 2.16. The zero-order valence-corrected chi connectivity index (χ0v) is 23.1. The highest BCUT2D eigenvalue weighted by atomic mass is 16.5. The summed E-state index contributed by atoms with van der Waals surface area (Å²) in [7, 11) is 0. The molecule has 1 fully saturated rings. The van der Waals surface area contributed by atoms with Gasteiger partial charge < -0.3 is 25.2 Å². The van der Waals surface area contributed by atoms with Gasteiger partial charge in [-0.05, 0) is 30.5 Å². The molecule has 0 bridgehead atoms. The summed E-state index contributed by atoms with van der Waals surface area (Å²) in [5, 5.41) is 38.3. The van der Waals surface area contributed by atoms with Crippen LogP contribution in [0.15, 0.2) is 24.3 Å². The standard InChI is InChI=1S/C27H42N4O9/c1-2-3-16-40-22-6-4-21(5-7-22)17-23(27(38)39)31-14-12-29(19-25(34)35)10-8-28(18-24(32)33)9-11-30(13-15-31)20-26(36)37/h4-7,23H,2-3,8-20H2,1H3,(H,32,33)(H,34,35)(H,36,37)(H,38,39). The van der Waals surface area contributed by atoms with Crippen LogP contribution in [-0.2, 0) is 25.6 Å². The maximum Gasteiger partial charge on any atom is 0.321 e. The number of hydrogen-bond donors (Lipinski definition) is 4. The molecule has 1 saturated heterocycles. The minimum atomic E-state index is -1.04. The maximum atomic E-state index is 12.4. The SMILES string of the molecule is CCCCOc1ccc(CC(C(=O)O)N2CCN(CC(=O)O)CCN(CC(=O)O)CCN(CC(=O)O)CC2)cc1. The molecular formula is C27H42N4O9. The van der Waals surface area contributed by atoms with Crippen molar-refractivity contribution >= 4 is 23.9 Å². The fourth-order valence-electron chi connectivity index (χ4n) is 4.56. The fraction of sp³-hybridized carbons (Fsp3) is 0.630. The van der Waals surface area contributed by atoms with E-state index in [-0.39, 0.29) is 78.4 Å². The summed E-state index contributed by atoms with van der Waals surface area (Å²) < 4.78 is 5.69. The zero-order valence-electron chi connectivity index (χ0n) is 23.1. The van der Waals surface area contributed by atoms with Crippen LogP contribution in [0.5, 0.6) is 5.75 Å². The third kappa shape index (κ3) is 12.7. The Morgan fingerprint density at radius 1 is 0.725 bits per heavy atom. The molecule has 13 nitrogen and oxygen atoms in total. The van der Waals surface area contributed by atoms with Crippen LogP contribution in [0.25, 0.3) is 0 Å². The largest absolute Gasteiger partial charge is 0.494 e. The van der Waals surface area contributed by atoms with Gasteiger partial charge in [0, 0.05) is 52.4 Å². The minimum Gasteiger partial charge on any atom is -0.494 e. The molecule has 1 unspecified atom stereocenters. The number of hydrogen-bond acceptors (Lipinski definition) is 9. The Kier molecular flexibility index (Phi) is 14.4. The van der Waals surface area contributed by atoms with E-state index in [1.165, 1.54) is 0 Å². The van der Waals surface area contributed by atoms with Crippen LogP contribution in [0, 0.1) is 0 Å². The van der Waals surface area contributed by atoms with Crippen molar-refractivity contribution < 1.29 is 44.3 Å². The van der Waals surface area contributed by atoms with Crippen LogP contribution < -0.4 is 4.74 Å². The van der Waals surface area contributed by atoms with E-state index >= 15 is 0 Å². The Bertz CT molecular complexity index is 928. The van der Waals surface area contributed by atoms with Crippen molar-refractivity contribution in [1.82, 2.24) is 19.6 Å². The molecule has 13 heteroatoms. The molecule has 224 valence electrons. The van der Waals surface area contributed by atoms with Gasteiger partial charge in [0.2, 0.25) is 0 Å². The number of aliphatic carboxylic acids is 4. The highest BCUT2D eigenvalue weighted by molar-refractivity contribution is 5.74. The maximum absolute atomic E-state index is 12.4. The molecule has 1 aromatic carbocycles. The van der Waals surface area contributed by atoms with E-state index < -0.39 is 29.9 Å². The molecule has 0 amide bonds. The van der Waals surface area contributed by atoms with Crippen molar-refractivity contribution in [2.45, 2.75) is 32.2 Å². The average Bonchev–Trinajstić information content (AvgIpc) is 2.87. The van der Waals surface area contributed by atoms with E-state index in [4.69, 9.17) is 4.74 Å². The molecule has 0 radical (unpaired) electrons.